The first-order valence-corrected chi connectivity index (χ1v) is 6.65. The Balaban J connectivity index is 3.07. The molecule has 0 radical (unpaired) electrons. The summed E-state index contributed by atoms with van der Waals surface area (Å²) in [5.74, 6) is -0.0349. The Bertz CT molecular complexity index is 137. The molecule has 0 aliphatic heterocycles. The zero-order chi connectivity index (χ0) is 10.6. The van der Waals surface area contributed by atoms with Crippen molar-refractivity contribution in [2.45, 2.75) is 51.9 Å². The van der Waals surface area contributed by atoms with Crippen LogP contribution in [0.25, 0.3) is 0 Å². The fraction of sp³-hybridized carbons (Fsp3) is 0.909. The van der Waals surface area contributed by atoms with Crippen LogP contribution in [-0.2, 0) is 9.53 Å². The average Bonchev–Trinajstić information content (AvgIpc) is 2.20. The molecule has 0 fully saturated rings. The molecule has 0 saturated carbocycles. The van der Waals surface area contributed by atoms with E-state index < -0.39 is 0 Å². The summed E-state index contributed by atoms with van der Waals surface area (Å²) in [6.45, 7) is 2.68. The molecule has 0 heterocycles. The van der Waals surface area contributed by atoms with Gasteiger partial charge in [-0.2, -0.15) is 0 Å². The maximum absolute atomic E-state index is 11.1. The van der Waals surface area contributed by atoms with Crippen LogP contribution in [0.5, 0.6) is 0 Å². The van der Waals surface area contributed by atoms with Crippen molar-refractivity contribution in [1.29, 1.82) is 0 Å². The first-order valence-electron chi connectivity index (χ1n) is 5.52. The highest BCUT2D eigenvalue weighted by atomic mass is 79.9. The number of alkyl halides is 1. The highest BCUT2D eigenvalue weighted by molar-refractivity contribution is 9.09. The molecule has 0 bridgehead atoms. The van der Waals surface area contributed by atoms with Gasteiger partial charge in [0.25, 0.3) is 0 Å². The van der Waals surface area contributed by atoms with Gasteiger partial charge in [-0.05, 0) is 19.3 Å². The molecular formula is C11H21BrO2. The molecule has 0 aliphatic carbocycles. The molecule has 3 heteroatoms. The lowest BCUT2D eigenvalue weighted by Crippen LogP contribution is -2.05. The number of hydrogen-bond acceptors (Lipinski definition) is 2. The van der Waals surface area contributed by atoms with Gasteiger partial charge in [0.1, 0.15) is 0 Å². The molecule has 0 rings (SSSR count). The lowest BCUT2D eigenvalue weighted by atomic mass is 10.2. The molecule has 0 aromatic carbocycles. The van der Waals surface area contributed by atoms with Gasteiger partial charge in [0, 0.05) is 11.8 Å². The number of hydrogen-bond donors (Lipinski definition) is 0. The summed E-state index contributed by atoms with van der Waals surface area (Å²) in [5, 5.41) is 1.07. The Morgan fingerprint density at radius 2 is 1.86 bits per heavy atom. The van der Waals surface area contributed by atoms with Crippen LogP contribution >= 0.6 is 15.9 Å². The molecule has 0 spiro atoms. The van der Waals surface area contributed by atoms with Crippen LogP contribution in [0.3, 0.4) is 0 Å². The number of ether oxygens (including phenoxy) is 1. The molecule has 0 N–H and O–H groups in total. The minimum atomic E-state index is -0.0349. The Morgan fingerprint density at radius 1 is 1.14 bits per heavy atom. The Labute approximate surface area is 95.5 Å². The van der Waals surface area contributed by atoms with Crippen molar-refractivity contribution in [3.63, 3.8) is 0 Å². The molecular weight excluding hydrogens is 244 g/mol. The van der Waals surface area contributed by atoms with Gasteiger partial charge in [-0.3, -0.25) is 4.79 Å². The maximum atomic E-state index is 11.1. The molecule has 14 heavy (non-hydrogen) atoms. The second-order valence-corrected chi connectivity index (χ2v) is 4.22. The largest absolute Gasteiger partial charge is 0.466 e. The van der Waals surface area contributed by atoms with E-state index in [4.69, 9.17) is 4.74 Å². The fourth-order valence-electron chi connectivity index (χ4n) is 1.13. The topological polar surface area (TPSA) is 26.3 Å². The van der Waals surface area contributed by atoms with Gasteiger partial charge in [-0.1, -0.05) is 42.1 Å². The normalized spacial score (nSPS) is 10.1. The average molecular weight is 265 g/mol. The van der Waals surface area contributed by atoms with Gasteiger partial charge >= 0.3 is 5.97 Å². The third kappa shape index (κ3) is 10.0. The van der Waals surface area contributed by atoms with Gasteiger partial charge in [-0.25, -0.2) is 0 Å². The first-order chi connectivity index (χ1) is 6.81. The quantitative estimate of drug-likeness (QED) is 0.361. The fourth-order valence-corrected chi connectivity index (χ4v) is 1.53. The van der Waals surface area contributed by atoms with E-state index in [2.05, 4.69) is 22.9 Å². The molecule has 0 unspecified atom stereocenters. The highest BCUT2D eigenvalue weighted by Crippen LogP contribution is 2.03. The lowest BCUT2D eigenvalue weighted by molar-refractivity contribution is -0.143. The standard InChI is InChI=1S/C11H21BrO2/c1-2-3-8-11(13)14-10-7-5-4-6-9-12/h2-10H2,1H3. The van der Waals surface area contributed by atoms with Gasteiger partial charge in [0.05, 0.1) is 6.61 Å². The van der Waals surface area contributed by atoms with Crippen molar-refractivity contribution in [2.24, 2.45) is 0 Å². The van der Waals surface area contributed by atoms with Crippen molar-refractivity contribution in [3.05, 3.63) is 0 Å². The van der Waals surface area contributed by atoms with Crippen LogP contribution in [0.2, 0.25) is 0 Å². The predicted octanol–water partition coefficient (Wildman–Crippen LogP) is 3.68. The van der Waals surface area contributed by atoms with Gasteiger partial charge in [0.15, 0.2) is 0 Å². The van der Waals surface area contributed by atoms with Crippen molar-refractivity contribution in [3.8, 4) is 0 Å². The van der Waals surface area contributed by atoms with Crippen molar-refractivity contribution >= 4 is 21.9 Å². The molecule has 0 aliphatic rings. The number of carbonyl (C=O) groups is 1. The monoisotopic (exact) mass is 264 g/mol. The van der Waals surface area contributed by atoms with E-state index in [9.17, 15) is 4.79 Å². The lowest BCUT2D eigenvalue weighted by Gasteiger charge is -2.03. The van der Waals surface area contributed by atoms with Gasteiger partial charge in [0.2, 0.25) is 0 Å². The van der Waals surface area contributed by atoms with E-state index in [1.54, 1.807) is 0 Å². The summed E-state index contributed by atoms with van der Waals surface area (Å²) in [6, 6.07) is 0. The Hall–Kier alpha value is -0.0500. The summed E-state index contributed by atoms with van der Waals surface area (Å²) in [5.41, 5.74) is 0. The third-order valence-electron chi connectivity index (χ3n) is 2.03. The molecule has 2 nitrogen and oxygen atoms in total. The van der Waals surface area contributed by atoms with Gasteiger partial charge < -0.3 is 4.74 Å². The molecule has 84 valence electrons. The van der Waals surface area contributed by atoms with E-state index in [0.29, 0.717) is 13.0 Å². The second-order valence-electron chi connectivity index (χ2n) is 3.43. The van der Waals surface area contributed by atoms with Crippen LogP contribution in [0.4, 0.5) is 0 Å². The number of carbonyl (C=O) groups excluding carboxylic acids is 1. The number of esters is 1. The second kappa shape index (κ2) is 11.0. The number of halogens is 1. The van der Waals surface area contributed by atoms with Crippen molar-refractivity contribution in [1.82, 2.24) is 0 Å². The van der Waals surface area contributed by atoms with Crippen molar-refractivity contribution in [2.75, 3.05) is 11.9 Å². The van der Waals surface area contributed by atoms with E-state index in [0.717, 1.165) is 31.0 Å². The Morgan fingerprint density at radius 3 is 2.50 bits per heavy atom. The highest BCUT2D eigenvalue weighted by Gasteiger charge is 2.00. The van der Waals surface area contributed by atoms with Crippen LogP contribution in [-0.4, -0.2) is 17.9 Å². The molecule has 0 saturated heterocycles. The molecule has 0 aromatic heterocycles. The third-order valence-corrected chi connectivity index (χ3v) is 2.59. The van der Waals surface area contributed by atoms with E-state index >= 15 is 0 Å². The molecule has 0 aromatic rings. The first kappa shape index (κ1) is 13.9. The molecule has 0 amide bonds. The number of rotatable bonds is 9. The van der Waals surface area contributed by atoms with E-state index in [1.807, 2.05) is 0 Å². The predicted molar refractivity (Wildman–Crippen MR) is 62.7 cm³/mol. The van der Waals surface area contributed by atoms with Gasteiger partial charge in [-0.15, -0.1) is 0 Å². The molecule has 0 atom stereocenters. The zero-order valence-electron chi connectivity index (χ0n) is 9.06. The minimum absolute atomic E-state index is 0.0349. The number of unbranched alkanes of at least 4 members (excludes halogenated alkanes) is 4. The Kier molecular flexibility index (Phi) is 11.0. The SMILES string of the molecule is CCCCC(=O)OCCCCCCBr. The summed E-state index contributed by atoms with van der Waals surface area (Å²) in [7, 11) is 0. The zero-order valence-corrected chi connectivity index (χ0v) is 10.6. The minimum Gasteiger partial charge on any atom is -0.466 e. The summed E-state index contributed by atoms with van der Waals surface area (Å²) in [6.07, 6.45) is 7.18. The van der Waals surface area contributed by atoms with Crippen molar-refractivity contribution < 1.29 is 9.53 Å². The summed E-state index contributed by atoms with van der Waals surface area (Å²) < 4.78 is 5.07. The van der Waals surface area contributed by atoms with Crippen LogP contribution in [0.1, 0.15) is 51.9 Å². The van der Waals surface area contributed by atoms with Crippen LogP contribution in [0.15, 0.2) is 0 Å². The van der Waals surface area contributed by atoms with E-state index in [-0.39, 0.29) is 5.97 Å². The van der Waals surface area contributed by atoms with Crippen LogP contribution < -0.4 is 0 Å². The maximum Gasteiger partial charge on any atom is 0.305 e. The smallest absolute Gasteiger partial charge is 0.305 e. The summed E-state index contributed by atoms with van der Waals surface area (Å²) in [4.78, 5) is 11.1. The summed E-state index contributed by atoms with van der Waals surface area (Å²) >= 11 is 3.38. The van der Waals surface area contributed by atoms with E-state index in [1.165, 1.54) is 12.8 Å². The van der Waals surface area contributed by atoms with Crippen LogP contribution in [0, 0.1) is 0 Å².